The summed E-state index contributed by atoms with van der Waals surface area (Å²) in [6.45, 7) is 0.770. The second-order valence-corrected chi connectivity index (χ2v) is 1.95. The molecule has 0 aliphatic rings. The van der Waals surface area contributed by atoms with Gasteiger partial charge >= 0.3 is 0 Å². The van der Waals surface area contributed by atoms with E-state index in [1.807, 2.05) is 19.2 Å². The highest BCUT2D eigenvalue weighted by atomic mass is 15.0. The zero-order chi connectivity index (χ0) is 7.23. The Balaban J connectivity index is 2.43. The van der Waals surface area contributed by atoms with Crippen LogP contribution >= 0.6 is 0 Å². The van der Waals surface area contributed by atoms with Crippen LogP contribution in [0.4, 0.5) is 5.69 Å². The van der Waals surface area contributed by atoms with Crippen LogP contribution in [-0.2, 0) is 0 Å². The third-order valence-electron chi connectivity index (χ3n) is 1.13. The van der Waals surface area contributed by atoms with Crippen LogP contribution in [0.3, 0.4) is 0 Å². The molecule has 54 valence electrons. The van der Waals surface area contributed by atoms with Crippen molar-refractivity contribution in [2.75, 3.05) is 19.0 Å². The van der Waals surface area contributed by atoms with Crippen molar-refractivity contribution in [3.63, 3.8) is 0 Å². The Morgan fingerprint density at radius 3 is 3.10 bits per heavy atom. The standard InChI is InChI=1S/C7H11N3/c1-8-6-10-7-3-2-4-9-5-7/h2-5,8,10H,6H2,1H3. The number of nitrogens with zero attached hydrogens (tertiary/aromatic N) is 1. The maximum absolute atomic E-state index is 3.95. The van der Waals surface area contributed by atoms with Crippen molar-refractivity contribution in [3.05, 3.63) is 24.5 Å². The van der Waals surface area contributed by atoms with Gasteiger partial charge in [0, 0.05) is 12.4 Å². The average molecular weight is 137 g/mol. The number of hydrogen-bond acceptors (Lipinski definition) is 3. The Hall–Kier alpha value is -1.09. The van der Waals surface area contributed by atoms with Gasteiger partial charge in [-0.2, -0.15) is 0 Å². The molecular formula is C7H11N3. The molecule has 1 rings (SSSR count). The summed E-state index contributed by atoms with van der Waals surface area (Å²) in [5.74, 6) is 0. The molecule has 0 amide bonds. The lowest BCUT2D eigenvalue weighted by Crippen LogP contribution is -2.16. The van der Waals surface area contributed by atoms with E-state index in [4.69, 9.17) is 0 Å². The summed E-state index contributed by atoms with van der Waals surface area (Å²) in [4.78, 5) is 3.95. The van der Waals surface area contributed by atoms with E-state index in [9.17, 15) is 0 Å². The third-order valence-corrected chi connectivity index (χ3v) is 1.13. The van der Waals surface area contributed by atoms with Crippen molar-refractivity contribution in [2.45, 2.75) is 0 Å². The molecule has 0 spiro atoms. The second kappa shape index (κ2) is 3.85. The SMILES string of the molecule is CNCNc1cccnc1. The molecule has 2 N–H and O–H groups in total. The lowest BCUT2D eigenvalue weighted by atomic mass is 10.4. The molecule has 3 heteroatoms. The molecule has 0 atom stereocenters. The minimum absolute atomic E-state index is 0.770. The maximum Gasteiger partial charge on any atom is 0.0651 e. The van der Waals surface area contributed by atoms with Crippen molar-refractivity contribution in [2.24, 2.45) is 0 Å². The Kier molecular flexibility index (Phi) is 2.70. The van der Waals surface area contributed by atoms with E-state index >= 15 is 0 Å². The van der Waals surface area contributed by atoms with Gasteiger partial charge in [-0.15, -0.1) is 0 Å². The first kappa shape index (κ1) is 7.02. The number of pyridine rings is 1. The normalized spacial score (nSPS) is 9.30. The van der Waals surface area contributed by atoms with Gasteiger partial charge in [-0.1, -0.05) is 0 Å². The molecule has 1 heterocycles. The van der Waals surface area contributed by atoms with Crippen LogP contribution in [0.2, 0.25) is 0 Å². The number of hydrogen-bond donors (Lipinski definition) is 2. The first-order chi connectivity index (χ1) is 4.93. The van der Waals surface area contributed by atoms with Gasteiger partial charge < -0.3 is 10.6 Å². The Bertz CT molecular complexity index is 173. The van der Waals surface area contributed by atoms with Crippen molar-refractivity contribution in [1.29, 1.82) is 0 Å². The predicted molar refractivity (Wildman–Crippen MR) is 41.8 cm³/mol. The quantitative estimate of drug-likeness (QED) is 0.601. The maximum atomic E-state index is 3.95. The first-order valence-corrected chi connectivity index (χ1v) is 3.22. The largest absolute Gasteiger partial charge is 0.371 e. The van der Waals surface area contributed by atoms with Crippen LogP contribution < -0.4 is 10.6 Å². The van der Waals surface area contributed by atoms with Crippen LogP contribution in [0.25, 0.3) is 0 Å². The van der Waals surface area contributed by atoms with Crippen molar-refractivity contribution in [1.82, 2.24) is 10.3 Å². The number of rotatable bonds is 3. The van der Waals surface area contributed by atoms with E-state index in [2.05, 4.69) is 15.6 Å². The molecule has 0 saturated carbocycles. The lowest BCUT2D eigenvalue weighted by molar-refractivity contribution is 0.873. The summed E-state index contributed by atoms with van der Waals surface area (Å²) >= 11 is 0. The van der Waals surface area contributed by atoms with E-state index in [-0.39, 0.29) is 0 Å². The van der Waals surface area contributed by atoms with E-state index in [1.54, 1.807) is 12.4 Å². The van der Waals surface area contributed by atoms with E-state index in [0.717, 1.165) is 12.4 Å². The third kappa shape index (κ3) is 2.03. The fraction of sp³-hybridized carbons (Fsp3) is 0.286. The summed E-state index contributed by atoms with van der Waals surface area (Å²) in [5.41, 5.74) is 1.04. The highest BCUT2D eigenvalue weighted by molar-refractivity contribution is 5.39. The number of anilines is 1. The molecule has 0 bridgehead atoms. The summed E-state index contributed by atoms with van der Waals surface area (Å²) in [7, 11) is 1.89. The van der Waals surface area contributed by atoms with Crippen LogP contribution in [0.1, 0.15) is 0 Å². The molecule has 0 unspecified atom stereocenters. The van der Waals surface area contributed by atoms with Gasteiger partial charge in [-0.25, -0.2) is 0 Å². The minimum atomic E-state index is 0.770. The molecule has 0 aliphatic heterocycles. The number of nitrogens with one attached hydrogen (secondary N) is 2. The van der Waals surface area contributed by atoms with E-state index in [1.165, 1.54) is 0 Å². The molecule has 0 saturated heterocycles. The summed E-state index contributed by atoms with van der Waals surface area (Å²) in [6.07, 6.45) is 3.54. The smallest absolute Gasteiger partial charge is 0.0651 e. The minimum Gasteiger partial charge on any atom is -0.371 e. The van der Waals surface area contributed by atoms with Gasteiger partial charge in [0.05, 0.1) is 12.4 Å². The van der Waals surface area contributed by atoms with Crippen molar-refractivity contribution in [3.8, 4) is 0 Å². The topological polar surface area (TPSA) is 37.0 Å². The van der Waals surface area contributed by atoms with Gasteiger partial charge in [0.2, 0.25) is 0 Å². The Morgan fingerprint density at radius 1 is 1.60 bits per heavy atom. The summed E-state index contributed by atoms with van der Waals surface area (Å²) in [6, 6.07) is 3.88. The molecular weight excluding hydrogens is 126 g/mol. The van der Waals surface area contributed by atoms with E-state index < -0.39 is 0 Å². The highest BCUT2D eigenvalue weighted by Gasteiger charge is 1.84. The molecule has 0 aromatic carbocycles. The average Bonchev–Trinajstić information content (AvgIpc) is 2.03. The fourth-order valence-electron chi connectivity index (χ4n) is 0.658. The van der Waals surface area contributed by atoms with Gasteiger partial charge in [0.15, 0.2) is 0 Å². The fourth-order valence-corrected chi connectivity index (χ4v) is 0.658. The highest BCUT2D eigenvalue weighted by Crippen LogP contribution is 1.99. The van der Waals surface area contributed by atoms with Gasteiger partial charge in [0.1, 0.15) is 0 Å². The summed E-state index contributed by atoms with van der Waals surface area (Å²) in [5, 5.41) is 6.10. The Morgan fingerprint density at radius 2 is 2.50 bits per heavy atom. The molecule has 1 aromatic rings. The first-order valence-electron chi connectivity index (χ1n) is 3.22. The molecule has 10 heavy (non-hydrogen) atoms. The van der Waals surface area contributed by atoms with Crippen LogP contribution in [0.15, 0.2) is 24.5 Å². The van der Waals surface area contributed by atoms with Crippen LogP contribution in [-0.4, -0.2) is 18.7 Å². The number of aromatic nitrogens is 1. The monoisotopic (exact) mass is 137 g/mol. The van der Waals surface area contributed by atoms with Crippen LogP contribution in [0.5, 0.6) is 0 Å². The lowest BCUT2D eigenvalue weighted by Gasteiger charge is -2.02. The Labute approximate surface area is 60.5 Å². The second-order valence-electron chi connectivity index (χ2n) is 1.95. The predicted octanol–water partition coefficient (Wildman–Crippen LogP) is 0.670. The molecule has 0 fully saturated rings. The van der Waals surface area contributed by atoms with Crippen LogP contribution in [0, 0.1) is 0 Å². The molecule has 0 aliphatic carbocycles. The zero-order valence-corrected chi connectivity index (χ0v) is 5.96. The van der Waals surface area contributed by atoms with Crippen molar-refractivity contribution >= 4 is 5.69 Å². The summed E-state index contributed by atoms with van der Waals surface area (Å²) < 4.78 is 0. The molecule has 1 aromatic heterocycles. The van der Waals surface area contributed by atoms with E-state index in [0.29, 0.717) is 0 Å². The molecule has 0 radical (unpaired) electrons. The zero-order valence-electron chi connectivity index (χ0n) is 5.96. The van der Waals surface area contributed by atoms with Gasteiger partial charge in [0.25, 0.3) is 0 Å². The van der Waals surface area contributed by atoms with Gasteiger partial charge in [-0.3, -0.25) is 4.98 Å². The van der Waals surface area contributed by atoms with Gasteiger partial charge in [-0.05, 0) is 19.2 Å². The molecule has 3 nitrogen and oxygen atoms in total. The van der Waals surface area contributed by atoms with Crippen molar-refractivity contribution < 1.29 is 0 Å².